The lowest BCUT2D eigenvalue weighted by atomic mass is 9.89. The van der Waals surface area contributed by atoms with Gasteiger partial charge in [0.2, 0.25) is 0 Å². The van der Waals surface area contributed by atoms with Gasteiger partial charge in [-0.2, -0.15) is 15.4 Å². The Balaban J connectivity index is 1.13. The second kappa shape index (κ2) is 9.08. The largest absolute Gasteiger partial charge is 0.573 e. The molecule has 0 radical (unpaired) electrons. The lowest BCUT2D eigenvalue weighted by molar-refractivity contribution is -0.274. The Bertz CT molecular complexity index is 1230. The summed E-state index contributed by atoms with van der Waals surface area (Å²) in [6.45, 7) is 2.12. The maximum absolute atomic E-state index is 13.0. The SMILES string of the molecule is O=C(OCc1ccc(OC(F)(F)F)cc1)N1CCC2CN(C(=O)c3ccc4n[nH]nc4c3)C[C@H]2C1. The number of hydrogen-bond acceptors (Lipinski definition) is 6. The Kier molecular flexibility index (Phi) is 5.95. The summed E-state index contributed by atoms with van der Waals surface area (Å²) in [5.41, 5.74) is 2.41. The molecule has 0 spiro atoms. The molecule has 2 aliphatic heterocycles. The first-order valence-electron chi connectivity index (χ1n) is 11.1. The summed E-state index contributed by atoms with van der Waals surface area (Å²) in [7, 11) is 0. The molecule has 0 bridgehead atoms. The number of nitrogens with zero attached hydrogens (tertiary/aromatic N) is 4. The van der Waals surface area contributed by atoms with E-state index in [1.54, 1.807) is 23.1 Å². The van der Waals surface area contributed by atoms with Gasteiger partial charge in [0.05, 0.1) is 0 Å². The summed E-state index contributed by atoms with van der Waals surface area (Å²) in [6.07, 6.45) is -4.49. The van der Waals surface area contributed by atoms with Crippen LogP contribution in [0.25, 0.3) is 11.0 Å². The van der Waals surface area contributed by atoms with Crippen LogP contribution in [0.15, 0.2) is 42.5 Å². The molecule has 1 unspecified atom stereocenters. The highest BCUT2D eigenvalue weighted by atomic mass is 19.4. The Hall–Kier alpha value is -3.83. The number of aromatic amines is 1. The Morgan fingerprint density at radius 1 is 0.971 bits per heavy atom. The van der Waals surface area contributed by atoms with Crippen molar-refractivity contribution in [2.24, 2.45) is 11.8 Å². The molecule has 3 aromatic rings. The fraction of sp³-hybridized carbons (Fsp3) is 0.391. The minimum absolute atomic E-state index is 0.0646. The molecule has 0 saturated carbocycles. The number of alkyl halides is 3. The van der Waals surface area contributed by atoms with Crippen LogP contribution in [-0.2, 0) is 11.3 Å². The summed E-state index contributed by atoms with van der Waals surface area (Å²) in [4.78, 5) is 29.0. The van der Waals surface area contributed by atoms with Gasteiger partial charge in [0.25, 0.3) is 5.91 Å². The maximum Gasteiger partial charge on any atom is 0.573 e. The molecule has 35 heavy (non-hydrogen) atoms. The molecule has 2 atom stereocenters. The van der Waals surface area contributed by atoms with E-state index in [2.05, 4.69) is 20.1 Å². The van der Waals surface area contributed by atoms with Crippen LogP contribution in [0.5, 0.6) is 5.75 Å². The van der Waals surface area contributed by atoms with Gasteiger partial charge in [0.15, 0.2) is 0 Å². The van der Waals surface area contributed by atoms with Gasteiger partial charge in [0, 0.05) is 31.7 Å². The molecule has 2 saturated heterocycles. The van der Waals surface area contributed by atoms with Gasteiger partial charge in [-0.1, -0.05) is 12.1 Å². The number of carbonyl (C=O) groups excluding carboxylic acids is 2. The third-order valence-corrected chi connectivity index (χ3v) is 6.43. The molecule has 2 aromatic carbocycles. The first-order valence-corrected chi connectivity index (χ1v) is 11.1. The number of ether oxygens (including phenoxy) is 2. The highest BCUT2D eigenvalue weighted by Gasteiger charge is 2.40. The normalized spacial score (nSPS) is 20.1. The van der Waals surface area contributed by atoms with E-state index in [0.717, 1.165) is 6.42 Å². The Labute approximate surface area is 197 Å². The van der Waals surface area contributed by atoms with Crippen LogP contribution in [0.3, 0.4) is 0 Å². The fourth-order valence-corrected chi connectivity index (χ4v) is 4.68. The maximum atomic E-state index is 13.0. The van der Waals surface area contributed by atoms with Crippen LogP contribution in [0.4, 0.5) is 18.0 Å². The number of piperidine rings is 1. The zero-order chi connectivity index (χ0) is 24.6. The standard InChI is InChI=1S/C23H22F3N5O4/c24-23(25,26)35-18-4-1-14(2-5-18)13-34-22(33)30-8-7-16-10-31(12-17(16)11-30)21(32)15-3-6-19-20(9-15)28-29-27-19/h1-6,9,16-17H,7-8,10-13H2,(H,27,28,29)/t16?,17-/m1/s1. The number of benzene rings is 2. The lowest BCUT2D eigenvalue weighted by Gasteiger charge is -2.33. The van der Waals surface area contributed by atoms with E-state index in [-0.39, 0.29) is 24.2 Å². The molecule has 184 valence electrons. The third-order valence-electron chi connectivity index (χ3n) is 6.43. The second-order valence-corrected chi connectivity index (χ2v) is 8.74. The zero-order valence-electron chi connectivity index (χ0n) is 18.5. The third kappa shape index (κ3) is 5.15. The molecule has 12 heteroatoms. The van der Waals surface area contributed by atoms with Crippen LogP contribution < -0.4 is 4.74 Å². The number of likely N-dealkylation sites (tertiary alicyclic amines) is 2. The van der Waals surface area contributed by atoms with Gasteiger partial charge in [-0.3, -0.25) is 4.79 Å². The first-order chi connectivity index (χ1) is 16.7. The molecule has 1 aromatic heterocycles. The van der Waals surface area contributed by atoms with Gasteiger partial charge < -0.3 is 19.3 Å². The number of aromatic nitrogens is 3. The van der Waals surface area contributed by atoms with E-state index in [1.807, 2.05) is 4.90 Å². The monoisotopic (exact) mass is 489 g/mol. The van der Waals surface area contributed by atoms with Gasteiger partial charge in [-0.25, -0.2) is 4.79 Å². The first kappa shape index (κ1) is 22.9. The van der Waals surface area contributed by atoms with Crippen molar-refractivity contribution in [3.8, 4) is 5.75 Å². The van der Waals surface area contributed by atoms with Crippen molar-refractivity contribution in [1.82, 2.24) is 25.2 Å². The highest BCUT2D eigenvalue weighted by Crippen LogP contribution is 2.32. The molecular formula is C23H22F3N5O4. The number of hydrogen-bond donors (Lipinski definition) is 1. The molecule has 5 rings (SSSR count). The predicted octanol–water partition coefficient (Wildman–Crippen LogP) is 3.59. The number of halogens is 3. The van der Waals surface area contributed by atoms with Crippen molar-refractivity contribution in [3.63, 3.8) is 0 Å². The summed E-state index contributed by atoms with van der Waals surface area (Å²) in [5.74, 6) is 0.0436. The number of amides is 2. The van der Waals surface area contributed by atoms with Gasteiger partial charge >= 0.3 is 12.5 Å². The number of fused-ring (bicyclic) bond motifs is 2. The zero-order valence-corrected chi connectivity index (χ0v) is 18.5. The van der Waals surface area contributed by atoms with Crippen molar-refractivity contribution >= 4 is 23.0 Å². The average Bonchev–Trinajstić information content (AvgIpc) is 3.47. The van der Waals surface area contributed by atoms with Crippen LogP contribution in [-0.4, -0.2) is 69.8 Å². The van der Waals surface area contributed by atoms with Crippen molar-refractivity contribution < 1.29 is 32.2 Å². The predicted molar refractivity (Wildman–Crippen MR) is 116 cm³/mol. The van der Waals surface area contributed by atoms with Crippen LogP contribution in [0.1, 0.15) is 22.3 Å². The molecule has 3 heterocycles. The van der Waals surface area contributed by atoms with E-state index in [0.29, 0.717) is 54.3 Å². The fourth-order valence-electron chi connectivity index (χ4n) is 4.68. The van der Waals surface area contributed by atoms with Gasteiger partial charge in [0.1, 0.15) is 23.4 Å². The lowest BCUT2D eigenvalue weighted by Crippen LogP contribution is -2.43. The Morgan fingerprint density at radius 2 is 1.69 bits per heavy atom. The van der Waals surface area contributed by atoms with Gasteiger partial charge in [-0.15, -0.1) is 13.2 Å². The van der Waals surface area contributed by atoms with Gasteiger partial charge in [-0.05, 0) is 54.2 Å². The smallest absolute Gasteiger partial charge is 0.445 e. The van der Waals surface area contributed by atoms with Crippen molar-refractivity contribution in [3.05, 3.63) is 53.6 Å². The van der Waals surface area contributed by atoms with E-state index in [1.165, 1.54) is 24.3 Å². The Morgan fingerprint density at radius 3 is 2.46 bits per heavy atom. The topological polar surface area (TPSA) is 101 Å². The quantitative estimate of drug-likeness (QED) is 0.601. The number of rotatable bonds is 4. The summed E-state index contributed by atoms with van der Waals surface area (Å²) < 4.78 is 46.0. The molecular weight excluding hydrogens is 467 g/mol. The van der Waals surface area contributed by atoms with Crippen LogP contribution in [0.2, 0.25) is 0 Å². The van der Waals surface area contributed by atoms with Crippen LogP contribution in [0, 0.1) is 11.8 Å². The molecule has 9 nitrogen and oxygen atoms in total. The van der Waals surface area contributed by atoms with E-state index < -0.39 is 12.5 Å². The van der Waals surface area contributed by atoms with E-state index in [4.69, 9.17) is 4.74 Å². The average molecular weight is 489 g/mol. The summed E-state index contributed by atoms with van der Waals surface area (Å²) in [6, 6.07) is 10.4. The van der Waals surface area contributed by atoms with E-state index >= 15 is 0 Å². The molecule has 2 aliphatic rings. The summed E-state index contributed by atoms with van der Waals surface area (Å²) in [5, 5.41) is 10.6. The minimum Gasteiger partial charge on any atom is -0.445 e. The minimum atomic E-state index is -4.76. The summed E-state index contributed by atoms with van der Waals surface area (Å²) >= 11 is 0. The van der Waals surface area contributed by atoms with Crippen molar-refractivity contribution in [2.45, 2.75) is 19.4 Å². The molecule has 2 amide bonds. The highest BCUT2D eigenvalue weighted by molar-refractivity contribution is 5.97. The van der Waals surface area contributed by atoms with E-state index in [9.17, 15) is 22.8 Å². The second-order valence-electron chi connectivity index (χ2n) is 8.74. The van der Waals surface area contributed by atoms with Crippen LogP contribution >= 0.6 is 0 Å². The van der Waals surface area contributed by atoms with Crippen molar-refractivity contribution in [1.29, 1.82) is 0 Å². The molecule has 1 N–H and O–H groups in total. The molecule has 0 aliphatic carbocycles. The number of H-pyrrole nitrogens is 1. The number of carbonyl (C=O) groups is 2. The number of nitrogens with one attached hydrogen (secondary N) is 1. The molecule has 2 fully saturated rings. The van der Waals surface area contributed by atoms with Crippen molar-refractivity contribution in [2.75, 3.05) is 26.2 Å².